The van der Waals surface area contributed by atoms with E-state index in [4.69, 9.17) is 16.0 Å². The minimum absolute atomic E-state index is 0.316. The number of hydrogen-bond donors (Lipinski definition) is 1. The number of carbonyl (C=O) groups excluding carboxylic acids is 1. The first kappa shape index (κ1) is 18.0. The molecule has 0 aliphatic heterocycles. The lowest BCUT2D eigenvalue weighted by Crippen LogP contribution is -2.18. The molecule has 2 heterocycles. The highest BCUT2D eigenvalue weighted by atomic mass is 35.5. The van der Waals surface area contributed by atoms with Gasteiger partial charge < -0.3 is 9.73 Å². The normalized spacial score (nSPS) is 10.8. The maximum absolute atomic E-state index is 13.0. The Hall–Kier alpha value is -3.38. The first-order valence-corrected chi connectivity index (χ1v) is 9.09. The molecule has 7 heteroatoms. The Kier molecular flexibility index (Phi) is 4.95. The summed E-state index contributed by atoms with van der Waals surface area (Å²) in [5.74, 6) is 0.736. The summed E-state index contributed by atoms with van der Waals surface area (Å²) in [6, 6.07) is 18.4. The van der Waals surface area contributed by atoms with Crippen molar-refractivity contribution >= 4 is 23.5 Å². The molecule has 2 aromatic carbocycles. The van der Waals surface area contributed by atoms with Gasteiger partial charge in [0.05, 0.1) is 16.8 Å². The molecule has 0 aliphatic rings. The maximum Gasteiger partial charge on any atom is 0.282 e. The highest BCUT2D eigenvalue weighted by molar-refractivity contribution is 6.33. The monoisotopic (exact) mass is 392 g/mol. The highest BCUT2D eigenvalue weighted by Gasteiger charge is 2.21. The number of carbonyl (C=O) groups is 1. The minimum atomic E-state index is -0.373. The number of nitrogens with one attached hydrogen (secondary N) is 1. The average Bonchev–Trinajstić information content (AvgIpc) is 3.37. The van der Waals surface area contributed by atoms with Gasteiger partial charge in [-0.15, -0.1) is 5.10 Å². The first-order chi connectivity index (χ1) is 13.6. The minimum Gasteiger partial charge on any atom is -0.461 e. The number of rotatable bonds is 5. The van der Waals surface area contributed by atoms with Crippen molar-refractivity contribution in [3.63, 3.8) is 0 Å². The van der Waals surface area contributed by atoms with Gasteiger partial charge in [-0.3, -0.25) is 4.79 Å². The van der Waals surface area contributed by atoms with Crippen molar-refractivity contribution in [3.8, 4) is 11.6 Å². The second kappa shape index (κ2) is 7.70. The molecule has 4 aromatic rings. The van der Waals surface area contributed by atoms with Gasteiger partial charge in [-0.25, -0.2) is 0 Å². The molecule has 28 heavy (non-hydrogen) atoms. The number of furan rings is 1. The van der Waals surface area contributed by atoms with Crippen LogP contribution in [0.4, 0.5) is 5.95 Å². The second-order valence-electron chi connectivity index (χ2n) is 6.27. The van der Waals surface area contributed by atoms with Gasteiger partial charge in [0.15, 0.2) is 5.76 Å². The summed E-state index contributed by atoms with van der Waals surface area (Å²) in [4.78, 5) is 17.5. The van der Waals surface area contributed by atoms with E-state index in [2.05, 4.69) is 15.4 Å². The summed E-state index contributed by atoms with van der Waals surface area (Å²) < 4.78 is 6.59. The molecule has 0 saturated heterocycles. The topological polar surface area (TPSA) is 73.0 Å². The van der Waals surface area contributed by atoms with Crippen LogP contribution in [0.1, 0.15) is 21.5 Å². The molecule has 140 valence electrons. The van der Waals surface area contributed by atoms with E-state index in [1.165, 1.54) is 16.5 Å². The molecule has 0 saturated carbocycles. The fourth-order valence-electron chi connectivity index (χ4n) is 2.71. The molecule has 0 bridgehead atoms. The van der Waals surface area contributed by atoms with Crippen molar-refractivity contribution in [2.24, 2.45) is 0 Å². The molecule has 6 nitrogen and oxygen atoms in total. The summed E-state index contributed by atoms with van der Waals surface area (Å²) in [5, 5.41) is 7.88. The number of aryl methyl sites for hydroxylation is 1. The Morgan fingerprint density at radius 1 is 1.11 bits per heavy atom. The Balaban J connectivity index is 1.68. The van der Waals surface area contributed by atoms with E-state index in [-0.39, 0.29) is 5.91 Å². The van der Waals surface area contributed by atoms with Crippen molar-refractivity contribution in [3.05, 3.63) is 88.6 Å². The summed E-state index contributed by atoms with van der Waals surface area (Å²) in [7, 11) is 0. The summed E-state index contributed by atoms with van der Waals surface area (Å²) in [5.41, 5.74) is 2.59. The molecule has 0 unspecified atom stereocenters. The van der Waals surface area contributed by atoms with Gasteiger partial charge in [-0.1, -0.05) is 53.6 Å². The van der Waals surface area contributed by atoms with Crippen molar-refractivity contribution in [2.45, 2.75) is 13.5 Å². The number of anilines is 1. The van der Waals surface area contributed by atoms with Crippen LogP contribution in [0.5, 0.6) is 0 Å². The summed E-state index contributed by atoms with van der Waals surface area (Å²) in [6.45, 7) is 2.53. The van der Waals surface area contributed by atoms with Gasteiger partial charge in [-0.05, 0) is 36.8 Å². The van der Waals surface area contributed by atoms with Crippen molar-refractivity contribution in [1.82, 2.24) is 14.8 Å². The van der Waals surface area contributed by atoms with E-state index in [1.807, 2.05) is 31.2 Å². The molecule has 0 amide bonds. The molecule has 0 atom stereocenters. The fraction of sp³-hybridized carbons (Fsp3) is 0.0952. The van der Waals surface area contributed by atoms with Crippen molar-refractivity contribution in [1.29, 1.82) is 0 Å². The zero-order valence-corrected chi connectivity index (χ0v) is 15.8. The zero-order valence-electron chi connectivity index (χ0n) is 15.1. The number of benzene rings is 2. The maximum atomic E-state index is 13.0. The van der Waals surface area contributed by atoms with Crippen LogP contribution in [0.3, 0.4) is 0 Å². The number of hydrogen-bond acceptors (Lipinski definition) is 5. The first-order valence-electron chi connectivity index (χ1n) is 8.71. The SMILES string of the molecule is Cc1ccc(CNc2nc(-c3ccco3)nn2C(=O)c2ccccc2Cl)cc1. The van der Waals surface area contributed by atoms with Crippen LogP contribution >= 0.6 is 11.6 Å². The third kappa shape index (κ3) is 3.68. The number of halogens is 1. The van der Waals surface area contributed by atoms with E-state index in [1.54, 1.807) is 36.4 Å². The average molecular weight is 393 g/mol. The third-order valence-corrected chi connectivity index (χ3v) is 4.55. The largest absolute Gasteiger partial charge is 0.461 e. The van der Waals surface area contributed by atoms with Crippen molar-refractivity contribution < 1.29 is 9.21 Å². The van der Waals surface area contributed by atoms with Crippen molar-refractivity contribution in [2.75, 3.05) is 5.32 Å². The highest BCUT2D eigenvalue weighted by Crippen LogP contribution is 2.22. The second-order valence-corrected chi connectivity index (χ2v) is 6.68. The molecule has 4 rings (SSSR count). The van der Waals surface area contributed by atoms with E-state index in [9.17, 15) is 4.79 Å². The van der Waals surface area contributed by atoms with E-state index in [0.29, 0.717) is 34.7 Å². The molecule has 2 aromatic heterocycles. The molecule has 1 N–H and O–H groups in total. The van der Waals surface area contributed by atoms with Crippen LogP contribution in [0.15, 0.2) is 71.3 Å². The standard InChI is InChI=1S/C21H17ClN4O2/c1-14-8-10-15(11-9-14)13-23-21-24-19(18-7-4-12-28-18)25-26(21)20(27)16-5-2-3-6-17(16)22/h2-12H,13H2,1H3,(H,23,24,25). The van der Waals surface area contributed by atoms with Crippen LogP contribution < -0.4 is 5.32 Å². The number of aromatic nitrogens is 3. The quantitative estimate of drug-likeness (QED) is 0.528. The molecular formula is C21H17ClN4O2. The Morgan fingerprint density at radius 3 is 2.61 bits per heavy atom. The van der Waals surface area contributed by atoms with Gasteiger partial charge in [-0.2, -0.15) is 9.67 Å². The van der Waals surface area contributed by atoms with Gasteiger partial charge in [0.25, 0.3) is 5.91 Å². The van der Waals surface area contributed by atoms with Crippen LogP contribution in [0.25, 0.3) is 11.6 Å². The summed E-state index contributed by atoms with van der Waals surface area (Å²) in [6.07, 6.45) is 1.53. The van der Waals surface area contributed by atoms with Gasteiger partial charge in [0.2, 0.25) is 11.8 Å². The lowest BCUT2D eigenvalue weighted by Gasteiger charge is -2.08. The lowest BCUT2D eigenvalue weighted by atomic mass is 10.1. The van der Waals surface area contributed by atoms with Crippen LogP contribution in [-0.4, -0.2) is 20.7 Å². The van der Waals surface area contributed by atoms with Crippen LogP contribution in [0, 0.1) is 6.92 Å². The van der Waals surface area contributed by atoms with E-state index in [0.717, 1.165) is 5.56 Å². The fourth-order valence-corrected chi connectivity index (χ4v) is 2.93. The van der Waals surface area contributed by atoms with Crippen LogP contribution in [0.2, 0.25) is 5.02 Å². The molecular weight excluding hydrogens is 376 g/mol. The van der Waals surface area contributed by atoms with E-state index < -0.39 is 0 Å². The predicted molar refractivity (Wildman–Crippen MR) is 107 cm³/mol. The zero-order chi connectivity index (χ0) is 19.5. The molecule has 0 fully saturated rings. The number of nitrogens with zero attached hydrogens (tertiary/aromatic N) is 3. The smallest absolute Gasteiger partial charge is 0.282 e. The van der Waals surface area contributed by atoms with Gasteiger partial charge in [0.1, 0.15) is 0 Å². The van der Waals surface area contributed by atoms with Gasteiger partial charge in [0, 0.05) is 6.54 Å². The Bertz CT molecular complexity index is 1100. The lowest BCUT2D eigenvalue weighted by molar-refractivity contribution is 0.0947. The Labute approximate surface area is 166 Å². The molecule has 0 radical (unpaired) electrons. The third-order valence-electron chi connectivity index (χ3n) is 4.22. The Morgan fingerprint density at radius 2 is 1.89 bits per heavy atom. The summed E-state index contributed by atoms with van der Waals surface area (Å²) >= 11 is 6.19. The molecule has 0 spiro atoms. The molecule has 0 aliphatic carbocycles. The predicted octanol–water partition coefficient (Wildman–Crippen LogP) is 4.80. The van der Waals surface area contributed by atoms with Gasteiger partial charge >= 0.3 is 0 Å². The van der Waals surface area contributed by atoms with E-state index >= 15 is 0 Å². The van der Waals surface area contributed by atoms with Crippen LogP contribution in [-0.2, 0) is 6.54 Å².